The number of nitrogens with two attached hydrogens (primary N) is 1. The summed E-state index contributed by atoms with van der Waals surface area (Å²) in [6, 6.07) is 0.188. The first kappa shape index (κ1) is 13.4. The van der Waals surface area contributed by atoms with Gasteiger partial charge < -0.3 is 10.5 Å². The summed E-state index contributed by atoms with van der Waals surface area (Å²) in [5.41, 5.74) is 8.33. The van der Waals surface area contributed by atoms with Gasteiger partial charge in [-0.2, -0.15) is 0 Å². The minimum absolute atomic E-state index is 0.188. The molecule has 1 aliphatic carbocycles. The Labute approximate surface area is 117 Å². The molecule has 108 valence electrons. The molecule has 1 unspecified atom stereocenters. The maximum atomic E-state index is 6.73. The van der Waals surface area contributed by atoms with Gasteiger partial charge in [0.1, 0.15) is 0 Å². The summed E-state index contributed by atoms with van der Waals surface area (Å²) in [6.45, 7) is 3.37. The van der Waals surface area contributed by atoms with Gasteiger partial charge in [0.2, 0.25) is 0 Å². The summed E-state index contributed by atoms with van der Waals surface area (Å²) in [5.74, 6) is 0. The van der Waals surface area contributed by atoms with Crippen molar-refractivity contribution in [2.45, 2.75) is 69.4 Å². The molecule has 2 N–H and O–H groups in total. The number of nitrogens with zero attached hydrogens (tertiary/aromatic N) is 1. The van der Waals surface area contributed by atoms with Gasteiger partial charge in [0.15, 0.2) is 0 Å². The van der Waals surface area contributed by atoms with Crippen LogP contribution in [0.1, 0.15) is 57.8 Å². The molecule has 3 aliphatic rings. The Morgan fingerprint density at radius 1 is 1.05 bits per heavy atom. The molecule has 0 aromatic carbocycles. The van der Waals surface area contributed by atoms with Gasteiger partial charge in [0.25, 0.3) is 0 Å². The van der Waals surface area contributed by atoms with E-state index in [1.165, 1.54) is 63.6 Å². The predicted molar refractivity (Wildman–Crippen MR) is 77.9 cm³/mol. The Balaban J connectivity index is 1.80. The van der Waals surface area contributed by atoms with Crippen LogP contribution in [0.2, 0.25) is 0 Å². The fraction of sp³-hybridized carbons (Fsp3) is 0.875. The fourth-order valence-corrected chi connectivity index (χ4v) is 4.31. The van der Waals surface area contributed by atoms with E-state index in [9.17, 15) is 0 Å². The molecular formula is C16H28N2O. The highest BCUT2D eigenvalue weighted by Crippen LogP contribution is 2.41. The van der Waals surface area contributed by atoms with Gasteiger partial charge in [-0.05, 0) is 57.2 Å². The van der Waals surface area contributed by atoms with Crippen LogP contribution in [0.3, 0.4) is 0 Å². The summed E-state index contributed by atoms with van der Waals surface area (Å²) in [4.78, 5) is 2.73. The van der Waals surface area contributed by atoms with Crippen molar-refractivity contribution < 1.29 is 4.74 Å². The zero-order valence-electron chi connectivity index (χ0n) is 12.1. The minimum atomic E-state index is 0.188. The van der Waals surface area contributed by atoms with Crippen molar-refractivity contribution >= 4 is 0 Å². The maximum Gasteiger partial charge on any atom is 0.0876 e. The Morgan fingerprint density at radius 3 is 2.42 bits per heavy atom. The molecule has 0 spiro atoms. The van der Waals surface area contributed by atoms with Gasteiger partial charge >= 0.3 is 0 Å². The molecule has 0 radical (unpaired) electrons. The molecular weight excluding hydrogens is 236 g/mol. The molecule has 0 amide bonds. The lowest BCUT2D eigenvalue weighted by Crippen LogP contribution is -2.60. The fourth-order valence-electron chi connectivity index (χ4n) is 4.31. The van der Waals surface area contributed by atoms with Gasteiger partial charge in [-0.25, -0.2) is 0 Å². The normalized spacial score (nSPS) is 29.6. The van der Waals surface area contributed by atoms with Gasteiger partial charge in [-0.3, -0.25) is 4.90 Å². The minimum Gasteiger partial charge on any atom is -0.501 e. The molecule has 0 aromatic rings. The van der Waals surface area contributed by atoms with Crippen LogP contribution in [0, 0.1) is 0 Å². The van der Waals surface area contributed by atoms with E-state index in [4.69, 9.17) is 10.5 Å². The second-order valence-electron chi connectivity index (χ2n) is 6.50. The van der Waals surface area contributed by atoms with E-state index < -0.39 is 0 Å². The van der Waals surface area contributed by atoms with Crippen LogP contribution in [0.5, 0.6) is 0 Å². The van der Waals surface area contributed by atoms with Crippen LogP contribution >= 0.6 is 0 Å². The largest absolute Gasteiger partial charge is 0.501 e. The number of piperidine rings is 1. The summed E-state index contributed by atoms with van der Waals surface area (Å²) in [5, 5.41) is 0. The van der Waals surface area contributed by atoms with Crippen molar-refractivity contribution in [1.82, 2.24) is 4.90 Å². The average Bonchev–Trinajstić information content (AvgIpc) is 2.99. The highest BCUT2D eigenvalue weighted by molar-refractivity contribution is 5.20. The highest BCUT2D eigenvalue weighted by Gasteiger charge is 2.45. The molecule has 3 rings (SSSR count). The first-order valence-electron chi connectivity index (χ1n) is 8.14. The van der Waals surface area contributed by atoms with Crippen LogP contribution in [0.15, 0.2) is 11.8 Å². The summed E-state index contributed by atoms with van der Waals surface area (Å²) in [6.07, 6.45) is 13.6. The topological polar surface area (TPSA) is 38.5 Å². The molecule has 3 heteroatoms. The number of hydrogen-bond acceptors (Lipinski definition) is 3. The zero-order chi connectivity index (χ0) is 13.1. The Morgan fingerprint density at radius 2 is 1.79 bits per heavy atom. The first-order chi connectivity index (χ1) is 9.33. The van der Waals surface area contributed by atoms with E-state index in [1.54, 1.807) is 0 Å². The van der Waals surface area contributed by atoms with Gasteiger partial charge in [0.05, 0.1) is 12.9 Å². The van der Waals surface area contributed by atoms with Crippen molar-refractivity contribution in [3.63, 3.8) is 0 Å². The SMILES string of the molecule is NC(C1=COCCC1)C1(N2CCCCC2)CCCC1. The number of ether oxygens (including phenoxy) is 1. The van der Waals surface area contributed by atoms with E-state index in [2.05, 4.69) is 4.90 Å². The van der Waals surface area contributed by atoms with Crippen LogP contribution in [0.4, 0.5) is 0 Å². The first-order valence-corrected chi connectivity index (χ1v) is 8.14. The Bertz CT molecular complexity index is 328. The molecule has 1 saturated carbocycles. The zero-order valence-corrected chi connectivity index (χ0v) is 12.1. The molecule has 2 heterocycles. The maximum absolute atomic E-state index is 6.73. The average molecular weight is 264 g/mol. The van der Waals surface area contributed by atoms with E-state index in [0.29, 0.717) is 0 Å². The van der Waals surface area contributed by atoms with Crippen LogP contribution < -0.4 is 5.73 Å². The number of hydrogen-bond donors (Lipinski definition) is 1. The van der Waals surface area contributed by atoms with Gasteiger partial charge in [-0.15, -0.1) is 0 Å². The molecule has 0 aromatic heterocycles. The third-order valence-corrected chi connectivity index (χ3v) is 5.40. The molecule has 2 aliphatic heterocycles. The molecule has 3 nitrogen and oxygen atoms in total. The van der Waals surface area contributed by atoms with E-state index in [1.807, 2.05) is 6.26 Å². The Hall–Kier alpha value is -0.540. The molecule has 1 atom stereocenters. The smallest absolute Gasteiger partial charge is 0.0876 e. The van der Waals surface area contributed by atoms with Crippen molar-refractivity contribution in [3.8, 4) is 0 Å². The quantitative estimate of drug-likeness (QED) is 0.852. The van der Waals surface area contributed by atoms with E-state index in [0.717, 1.165) is 19.4 Å². The van der Waals surface area contributed by atoms with Gasteiger partial charge in [-0.1, -0.05) is 19.3 Å². The summed E-state index contributed by atoms with van der Waals surface area (Å²) < 4.78 is 5.53. The lowest BCUT2D eigenvalue weighted by Gasteiger charge is -2.48. The van der Waals surface area contributed by atoms with Crippen molar-refractivity contribution in [2.24, 2.45) is 5.73 Å². The Kier molecular flexibility index (Phi) is 4.13. The predicted octanol–water partition coefficient (Wildman–Crippen LogP) is 2.81. The molecule has 19 heavy (non-hydrogen) atoms. The monoisotopic (exact) mass is 264 g/mol. The molecule has 0 bridgehead atoms. The number of rotatable bonds is 3. The second-order valence-corrected chi connectivity index (χ2v) is 6.50. The number of likely N-dealkylation sites (tertiary alicyclic amines) is 1. The third-order valence-electron chi connectivity index (χ3n) is 5.40. The third kappa shape index (κ3) is 2.55. The highest BCUT2D eigenvalue weighted by atomic mass is 16.5. The molecule has 1 saturated heterocycles. The standard InChI is InChI=1S/C16H28N2O/c17-15(14-7-6-12-19-13-14)16(8-2-3-9-16)18-10-4-1-5-11-18/h13,15H,1-12,17H2. The molecule has 2 fully saturated rings. The van der Waals surface area contributed by atoms with Gasteiger partial charge in [0, 0.05) is 11.6 Å². The van der Waals surface area contributed by atoms with Crippen LogP contribution in [0.25, 0.3) is 0 Å². The lowest BCUT2D eigenvalue weighted by molar-refractivity contribution is 0.0537. The van der Waals surface area contributed by atoms with Crippen molar-refractivity contribution in [3.05, 3.63) is 11.8 Å². The second kappa shape index (κ2) is 5.84. The summed E-state index contributed by atoms with van der Waals surface area (Å²) in [7, 11) is 0. The van der Waals surface area contributed by atoms with E-state index in [-0.39, 0.29) is 11.6 Å². The van der Waals surface area contributed by atoms with E-state index >= 15 is 0 Å². The van der Waals surface area contributed by atoms with Crippen LogP contribution in [-0.4, -0.2) is 36.2 Å². The lowest BCUT2D eigenvalue weighted by atomic mass is 9.80. The van der Waals surface area contributed by atoms with Crippen molar-refractivity contribution in [1.29, 1.82) is 0 Å². The summed E-state index contributed by atoms with van der Waals surface area (Å²) >= 11 is 0. The van der Waals surface area contributed by atoms with Crippen LogP contribution in [-0.2, 0) is 4.74 Å². The van der Waals surface area contributed by atoms with Crippen molar-refractivity contribution in [2.75, 3.05) is 19.7 Å².